The molecule has 1 atom stereocenters. The van der Waals surface area contributed by atoms with Gasteiger partial charge >= 0.3 is 0 Å². The molecule has 0 spiro atoms. The highest BCUT2D eigenvalue weighted by atomic mass is 35.5. The van der Waals surface area contributed by atoms with Gasteiger partial charge in [0, 0.05) is 25.7 Å². The van der Waals surface area contributed by atoms with Crippen molar-refractivity contribution >= 4 is 22.9 Å². The van der Waals surface area contributed by atoms with Crippen LogP contribution in [0.3, 0.4) is 0 Å². The van der Waals surface area contributed by atoms with Crippen LogP contribution >= 0.6 is 22.9 Å². The smallest absolute Gasteiger partial charge is 0.0931 e. The van der Waals surface area contributed by atoms with Crippen LogP contribution in [-0.2, 0) is 6.54 Å². The van der Waals surface area contributed by atoms with Gasteiger partial charge < -0.3 is 5.73 Å². The molecule has 1 aromatic heterocycles. The summed E-state index contributed by atoms with van der Waals surface area (Å²) in [4.78, 5) is 2.40. The summed E-state index contributed by atoms with van der Waals surface area (Å²) < 4.78 is 0.875. The topological polar surface area (TPSA) is 29.3 Å². The molecule has 13 heavy (non-hydrogen) atoms. The Morgan fingerprint density at radius 1 is 1.69 bits per heavy atom. The second kappa shape index (κ2) is 3.96. The maximum absolute atomic E-state index is 5.85. The Labute approximate surface area is 87.3 Å². The van der Waals surface area contributed by atoms with Gasteiger partial charge in [-0.2, -0.15) is 0 Å². The minimum Gasteiger partial charge on any atom is -0.329 e. The summed E-state index contributed by atoms with van der Waals surface area (Å²) in [5.74, 6) is 0. The van der Waals surface area contributed by atoms with Crippen LogP contribution in [-0.4, -0.2) is 24.0 Å². The van der Waals surface area contributed by atoms with Crippen molar-refractivity contribution in [2.45, 2.75) is 19.0 Å². The minimum atomic E-state index is 0.596. The number of hydrogen-bond acceptors (Lipinski definition) is 3. The minimum absolute atomic E-state index is 0.596. The Morgan fingerprint density at radius 2 is 2.54 bits per heavy atom. The summed E-state index contributed by atoms with van der Waals surface area (Å²) in [5, 5.41) is 2.12. The van der Waals surface area contributed by atoms with Crippen molar-refractivity contribution in [1.82, 2.24) is 4.90 Å². The van der Waals surface area contributed by atoms with E-state index in [2.05, 4.69) is 10.3 Å². The number of halogens is 1. The van der Waals surface area contributed by atoms with Crippen molar-refractivity contribution in [1.29, 1.82) is 0 Å². The fourth-order valence-electron chi connectivity index (χ4n) is 1.63. The largest absolute Gasteiger partial charge is 0.329 e. The molecule has 1 aromatic rings. The third-order valence-electron chi connectivity index (χ3n) is 2.55. The number of nitrogens with two attached hydrogens (primary N) is 1. The van der Waals surface area contributed by atoms with Crippen molar-refractivity contribution in [3.8, 4) is 0 Å². The molecular weight excluding hydrogens is 204 g/mol. The van der Waals surface area contributed by atoms with E-state index in [1.54, 1.807) is 11.3 Å². The predicted molar refractivity (Wildman–Crippen MR) is 57.2 cm³/mol. The summed E-state index contributed by atoms with van der Waals surface area (Å²) in [6.07, 6.45) is 1.24. The second-order valence-electron chi connectivity index (χ2n) is 3.41. The summed E-state index contributed by atoms with van der Waals surface area (Å²) >= 11 is 7.45. The standard InChI is InChI=1S/C9H13ClN2S/c10-9-3-7(6-13-9)5-12-2-1-8(12)4-11/h3,6,8H,1-2,4-5,11H2. The van der Waals surface area contributed by atoms with Crippen LogP contribution in [0.15, 0.2) is 11.4 Å². The first-order valence-corrected chi connectivity index (χ1v) is 5.72. The fraction of sp³-hybridized carbons (Fsp3) is 0.556. The molecule has 72 valence electrons. The molecule has 0 aromatic carbocycles. The maximum Gasteiger partial charge on any atom is 0.0931 e. The normalized spacial score (nSPS) is 23.1. The number of rotatable bonds is 3. The van der Waals surface area contributed by atoms with Gasteiger partial charge in [0.05, 0.1) is 4.34 Å². The van der Waals surface area contributed by atoms with E-state index < -0.39 is 0 Å². The highest BCUT2D eigenvalue weighted by molar-refractivity contribution is 7.14. The molecule has 0 bridgehead atoms. The number of likely N-dealkylation sites (tertiary alicyclic amines) is 1. The van der Waals surface area contributed by atoms with E-state index in [4.69, 9.17) is 17.3 Å². The van der Waals surface area contributed by atoms with Crippen molar-refractivity contribution in [2.75, 3.05) is 13.1 Å². The zero-order valence-corrected chi connectivity index (χ0v) is 8.94. The molecule has 4 heteroatoms. The SMILES string of the molecule is NCC1CCN1Cc1csc(Cl)c1. The molecular formula is C9H13ClN2S. The number of hydrogen-bond donors (Lipinski definition) is 1. The van der Waals surface area contributed by atoms with Gasteiger partial charge in [0.25, 0.3) is 0 Å². The molecule has 2 N–H and O–H groups in total. The Kier molecular flexibility index (Phi) is 2.89. The van der Waals surface area contributed by atoms with Crippen LogP contribution in [0.25, 0.3) is 0 Å². The van der Waals surface area contributed by atoms with E-state index >= 15 is 0 Å². The maximum atomic E-state index is 5.85. The molecule has 1 saturated heterocycles. The first-order chi connectivity index (χ1) is 6.29. The van der Waals surface area contributed by atoms with E-state index in [1.807, 2.05) is 6.07 Å². The van der Waals surface area contributed by atoms with Crippen LogP contribution in [0.4, 0.5) is 0 Å². The summed E-state index contributed by atoms with van der Waals surface area (Å²) in [6, 6.07) is 2.64. The lowest BCUT2D eigenvalue weighted by atomic mass is 10.0. The van der Waals surface area contributed by atoms with E-state index in [0.29, 0.717) is 6.04 Å². The average Bonchev–Trinajstić information content (AvgIpc) is 2.46. The van der Waals surface area contributed by atoms with Crippen LogP contribution in [0, 0.1) is 0 Å². The van der Waals surface area contributed by atoms with E-state index in [-0.39, 0.29) is 0 Å². The van der Waals surface area contributed by atoms with Gasteiger partial charge in [0.1, 0.15) is 0 Å². The van der Waals surface area contributed by atoms with Crippen molar-refractivity contribution in [2.24, 2.45) is 5.73 Å². The lowest BCUT2D eigenvalue weighted by Gasteiger charge is -2.40. The van der Waals surface area contributed by atoms with Crippen molar-refractivity contribution in [3.05, 3.63) is 21.3 Å². The molecule has 1 unspecified atom stereocenters. The molecule has 0 aliphatic carbocycles. The average molecular weight is 217 g/mol. The highest BCUT2D eigenvalue weighted by Gasteiger charge is 2.26. The molecule has 1 aliphatic rings. The quantitative estimate of drug-likeness (QED) is 0.837. The Bertz CT molecular complexity index is 285. The van der Waals surface area contributed by atoms with Crippen LogP contribution in [0.2, 0.25) is 4.34 Å². The summed E-state index contributed by atoms with van der Waals surface area (Å²) in [7, 11) is 0. The third-order valence-corrected chi connectivity index (χ3v) is 3.69. The molecule has 1 fully saturated rings. The van der Waals surface area contributed by atoms with E-state index in [0.717, 1.165) is 17.4 Å². The number of thiophene rings is 1. The predicted octanol–water partition coefficient (Wildman–Crippen LogP) is 1.93. The first-order valence-electron chi connectivity index (χ1n) is 4.46. The summed E-state index contributed by atoms with van der Waals surface area (Å²) in [5.41, 5.74) is 6.93. The fourth-order valence-corrected chi connectivity index (χ4v) is 2.53. The Morgan fingerprint density at radius 3 is 3.00 bits per heavy atom. The molecule has 1 aliphatic heterocycles. The Balaban J connectivity index is 1.91. The Hall–Kier alpha value is -0.0900. The molecule has 0 saturated carbocycles. The van der Waals surface area contributed by atoms with Crippen LogP contribution in [0.1, 0.15) is 12.0 Å². The third kappa shape index (κ3) is 2.05. The molecule has 2 nitrogen and oxygen atoms in total. The lowest BCUT2D eigenvalue weighted by molar-refractivity contribution is 0.0884. The zero-order valence-electron chi connectivity index (χ0n) is 7.37. The van der Waals surface area contributed by atoms with Gasteiger partial charge in [-0.1, -0.05) is 11.6 Å². The number of nitrogens with zero attached hydrogens (tertiary/aromatic N) is 1. The van der Waals surface area contributed by atoms with Gasteiger partial charge in [-0.3, -0.25) is 4.90 Å². The van der Waals surface area contributed by atoms with Gasteiger partial charge in [-0.15, -0.1) is 11.3 Å². The van der Waals surface area contributed by atoms with Gasteiger partial charge in [0.2, 0.25) is 0 Å². The van der Waals surface area contributed by atoms with Crippen molar-refractivity contribution in [3.63, 3.8) is 0 Å². The molecule has 2 rings (SSSR count). The van der Waals surface area contributed by atoms with Crippen LogP contribution < -0.4 is 5.73 Å². The van der Waals surface area contributed by atoms with Crippen molar-refractivity contribution < 1.29 is 0 Å². The lowest BCUT2D eigenvalue weighted by Crippen LogP contribution is -2.50. The first kappa shape index (κ1) is 9.46. The molecule has 2 heterocycles. The van der Waals surface area contributed by atoms with E-state index in [1.165, 1.54) is 18.5 Å². The monoisotopic (exact) mass is 216 g/mol. The van der Waals surface area contributed by atoms with Crippen LogP contribution in [0.5, 0.6) is 0 Å². The van der Waals surface area contributed by atoms with Gasteiger partial charge in [0.15, 0.2) is 0 Å². The molecule has 0 radical (unpaired) electrons. The summed E-state index contributed by atoms with van der Waals surface area (Å²) in [6.45, 7) is 2.96. The van der Waals surface area contributed by atoms with E-state index in [9.17, 15) is 0 Å². The molecule has 0 amide bonds. The highest BCUT2D eigenvalue weighted by Crippen LogP contribution is 2.24. The zero-order chi connectivity index (χ0) is 9.26. The second-order valence-corrected chi connectivity index (χ2v) is 4.95. The van der Waals surface area contributed by atoms with Gasteiger partial charge in [-0.25, -0.2) is 0 Å². The van der Waals surface area contributed by atoms with Gasteiger partial charge in [-0.05, 0) is 23.4 Å².